The molecule has 2 heterocycles. The van der Waals surface area contributed by atoms with Gasteiger partial charge in [-0.3, -0.25) is 0 Å². The Hall–Kier alpha value is -1.07. The molecule has 1 aliphatic carbocycles. The molecule has 0 amide bonds. The normalized spacial score (nSPS) is 36.1. The molecule has 4 unspecified atom stereocenters. The first-order valence-electron chi connectivity index (χ1n) is 8.09. The molecule has 0 radical (unpaired) electrons. The summed E-state index contributed by atoms with van der Waals surface area (Å²) in [4.78, 5) is 0. The number of hydrogen-bond donors (Lipinski definition) is 1. The van der Waals surface area contributed by atoms with E-state index < -0.39 is 10.0 Å². The van der Waals surface area contributed by atoms with Crippen LogP contribution in [0.15, 0.2) is 35.1 Å². The molecule has 4 atom stereocenters. The fraction of sp³-hybridized carbons (Fsp3) is 0.647. The summed E-state index contributed by atoms with van der Waals surface area (Å²) in [7, 11) is -3.07. The Labute approximate surface area is 134 Å². The van der Waals surface area contributed by atoms with Crippen LogP contribution in [0.5, 0.6) is 0 Å². The Kier molecular flexibility index (Phi) is 3.98. The third kappa shape index (κ3) is 2.65. The van der Waals surface area contributed by atoms with Crippen molar-refractivity contribution in [2.75, 3.05) is 19.3 Å². The Morgan fingerprint density at radius 1 is 1.23 bits per heavy atom. The number of allylic oxidation sites excluding steroid dienone is 2. The number of rotatable bonds is 2. The van der Waals surface area contributed by atoms with Gasteiger partial charge in [-0.25, -0.2) is 12.7 Å². The van der Waals surface area contributed by atoms with Gasteiger partial charge in [-0.2, -0.15) is 0 Å². The molecular formula is C17H26N2O2S. The summed E-state index contributed by atoms with van der Waals surface area (Å²) >= 11 is 0. The number of piperidine rings is 1. The van der Waals surface area contributed by atoms with Crippen LogP contribution in [-0.2, 0) is 10.0 Å². The molecule has 22 heavy (non-hydrogen) atoms. The van der Waals surface area contributed by atoms with E-state index in [1.807, 2.05) is 0 Å². The molecule has 2 aliphatic heterocycles. The molecule has 0 bridgehead atoms. The largest absolute Gasteiger partial charge is 0.383 e. The minimum atomic E-state index is -3.07. The van der Waals surface area contributed by atoms with E-state index in [-0.39, 0.29) is 0 Å². The van der Waals surface area contributed by atoms with Crippen molar-refractivity contribution in [1.82, 2.24) is 9.62 Å². The molecule has 5 heteroatoms. The van der Waals surface area contributed by atoms with Crippen molar-refractivity contribution >= 4 is 10.0 Å². The third-order valence-corrected chi connectivity index (χ3v) is 6.84. The molecule has 0 aromatic rings. The Bertz CT molecular complexity index is 660. The van der Waals surface area contributed by atoms with Crippen LogP contribution in [0, 0.1) is 17.8 Å². The van der Waals surface area contributed by atoms with Crippen LogP contribution < -0.4 is 5.32 Å². The highest BCUT2D eigenvalue weighted by Crippen LogP contribution is 2.41. The Morgan fingerprint density at radius 3 is 2.59 bits per heavy atom. The van der Waals surface area contributed by atoms with Crippen LogP contribution in [0.2, 0.25) is 0 Å². The zero-order valence-corrected chi connectivity index (χ0v) is 14.7. The van der Waals surface area contributed by atoms with Gasteiger partial charge >= 0.3 is 0 Å². The molecule has 1 N–H and O–H groups in total. The maximum absolute atomic E-state index is 11.7. The second kappa shape index (κ2) is 5.53. The van der Waals surface area contributed by atoms with Crippen molar-refractivity contribution in [3.05, 3.63) is 35.1 Å². The molecular weight excluding hydrogens is 296 g/mol. The van der Waals surface area contributed by atoms with Crippen LogP contribution in [0.3, 0.4) is 0 Å². The van der Waals surface area contributed by atoms with Gasteiger partial charge in [0.15, 0.2) is 0 Å². The molecule has 3 aliphatic rings. The number of fused-ring (bicyclic) bond motifs is 1. The third-order valence-electron chi connectivity index (χ3n) is 5.57. The van der Waals surface area contributed by atoms with Gasteiger partial charge < -0.3 is 5.32 Å². The molecule has 0 saturated carbocycles. The van der Waals surface area contributed by atoms with E-state index in [0.29, 0.717) is 36.9 Å². The summed E-state index contributed by atoms with van der Waals surface area (Å²) < 4.78 is 25.1. The van der Waals surface area contributed by atoms with E-state index in [1.54, 1.807) is 4.31 Å². The van der Waals surface area contributed by atoms with Gasteiger partial charge in [0.25, 0.3) is 0 Å². The topological polar surface area (TPSA) is 49.4 Å². The van der Waals surface area contributed by atoms with Crippen LogP contribution in [-0.4, -0.2) is 38.1 Å². The predicted molar refractivity (Wildman–Crippen MR) is 89.7 cm³/mol. The van der Waals surface area contributed by atoms with E-state index in [1.165, 1.54) is 23.0 Å². The van der Waals surface area contributed by atoms with Gasteiger partial charge in [-0.1, -0.05) is 31.6 Å². The summed E-state index contributed by atoms with van der Waals surface area (Å²) in [6.07, 6.45) is 8.88. The number of nitrogens with one attached hydrogen (secondary N) is 1. The molecule has 0 aromatic carbocycles. The highest BCUT2D eigenvalue weighted by atomic mass is 32.2. The standard InChI is InChI=1S/C17H26N2O2S/c1-11-5-6-15-16(9-18-17(15)13(11)3)14-7-8-19(10-12(14)2)22(4,20)21/h5-6,9,12-14,17-18H,7-8,10H2,1-4H3. The molecule has 1 saturated heterocycles. The SMILES string of the molecule is CC1=CC=C2C(C3CCN(S(C)(=O)=O)CC3C)=CNC2C1C. The lowest BCUT2D eigenvalue weighted by Gasteiger charge is -2.37. The van der Waals surface area contributed by atoms with Crippen LogP contribution in [0.4, 0.5) is 0 Å². The molecule has 0 aromatic heterocycles. The van der Waals surface area contributed by atoms with E-state index in [9.17, 15) is 8.42 Å². The molecule has 1 fully saturated rings. The second-order valence-electron chi connectivity index (χ2n) is 7.06. The zero-order valence-electron chi connectivity index (χ0n) is 13.8. The number of sulfonamides is 1. The van der Waals surface area contributed by atoms with Crippen molar-refractivity contribution in [2.24, 2.45) is 17.8 Å². The first kappa shape index (κ1) is 15.8. The van der Waals surface area contributed by atoms with Gasteiger partial charge in [0.2, 0.25) is 10.0 Å². The average Bonchev–Trinajstić information content (AvgIpc) is 2.86. The van der Waals surface area contributed by atoms with Gasteiger partial charge in [0.1, 0.15) is 0 Å². The Balaban J connectivity index is 1.79. The summed E-state index contributed by atoms with van der Waals surface area (Å²) in [6.45, 7) is 7.88. The Morgan fingerprint density at radius 2 is 1.95 bits per heavy atom. The number of nitrogens with zero attached hydrogens (tertiary/aromatic N) is 1. The quantitative estimate of drug-likeness (QED) is 0.848. The summed E-state index contributed by atoms with van der Waals surface area (Å²) in [5.41, 5.74) is 4.21. The lowest BCUT2D eigenvalue weighted by molar-refractivity contribution is 0.226. The highest BCUT2D eigenvalue weighted by Gasteiger charge is 2.38. The van der Waals surface area contributed by atoms with Crippen molar-refractivity contribution in [1.29, 1.82) is 0 Å². The lowest BCUT2D eigenvalue weighted by atomic mass is 9.75. The van der Waals surface area contributed by atoms with E-state index >= 15 is 0 Å². The van der Waals surface area contributed by atoms with Crippen molar-refractivity contribution in [3.63, 3.8) is 0 Å². The minimum absolute atomic E-state index is 0.346. The fourth-order valence-corrected chi connectivity index (χ4v) is 4.92. The first-order valence-corrected chi connectivity index (χ1v) is 9.94. The summed E-state index contributed by atoms with van der Waals surface area (Å²) in [5, 5.41) is 3.55. The maximum atomic E-state index is 11.7. The molecule has 0 spiro atoms. The van der Waals surface area contributed by atoms with Crippen molar-refractivity contribution in [2.45, 2.75) is 33.2 Å². The maximum Gasteiger partial charge on any atom is 0.211 e. The van der Waals surface area contributed by atoms with Crippen molar-refractivity contribution < 1.29 is 8.42 Å². The first-order chi connectivity index (χ1) is 10.3. The van der Waals surface area contributed by atoms with Crippen LogP contribution in [0.1, 0.15) is 27.2 Å². The van der Waals surface area contributed by atoms with Crippen LogP contribution in [0.25, 0.3) is 0 Å². The molecule has 3 rings (SSSR count). The summed E-state index contributed by atoms with van der Waals surface area (Å²) in [5.74, 6) is 1.31. The van der Waals surface area contributed by atoms with Crippen molar-refractivity contribution in [3.8, 4) is 0 Å². The number of hydrogen-bond acceptors (Lipinski definition) is 3. The lowest BCUT2D eigenvalue weighted by Crippen LogP contribution is -2.43. The van der Waals surface area contributed by atoms with E-state index in [4.69, 9.17) is 0 Å². The van der Waals surface area contributed by atoms with Gasteiger partial charge in [0.05, 0.1) is 12.3 Å². The van der Waals surface area contributed by atoms with E-state index in [2.05, 4.69) is 44.4 Å². The van der Waals surface area contributed by atoms with Gasteiger partial charge in [-0.05, 0) is 36.3 Å². The second-order valence-corrected chi connectivity index (χ2v) is 9.04. The van der Waals surface area contributed by atoms with Crippen LogP contribution >= 0.6 is 0 Å². The van der Waals surface area contributed by atoms with E-state index in [0.717, 1.165) is 6.42 Å². The van der Waals surface area contributed by atoms with Gasteiger partial charge in [0, 0.05) is 25.2 Å². The van der Waals surface area contributed by atoms with Gasteiger partial charge in [-0.15, -0.1) is 0 Å². The minimum Gasteiger partial charge on any atom is -0.383 e. The average molecular weight is 322 g/mol. The fourth-order valence-electron chi connectivity index (χ4n) is 3.97. The monoisotopic (exact) mass is 322 g/mol. The highest BCUT2D eigenvalue weighted by molar-refractivity contribution is 7.88. The summed E-state index contributed by atoms with van der Waals surface area (Å²) in [6, 6.07) is 0.389. The smallest absolute Gasteiger partial charge is 0.211 e. The predicted octanol–water partition coefficient (Wildman–Crippen LogP) is 2.28. The molecule has 122 valence electrons. The zero-order chi connectivity index (χ0) is 16.1. The molecule has 4 nitrogen and oxygen atoms in total.